The Morgan fingerprint density at radius 2 is 1.68 bits per heavy atom. The van der Waals surface area contributed by atoms with Gasteiger partial charge in [-0.15, -0.1) is 0 Å². The second-order valence-corrected chi connectivity index (χ2v) is 6.03. The van der Waals surface area contributed by atoms with Crippen molar-refractivity contribution in [1.82, 2.24) is 10.6 Å². The molecule has 110 valence electrons. The third-order valence-corrected chi connectivity index (χ3v) is 2.64. The molecule has 0 fully saturated rings. The van der Waals surface area contributed by atoms with Crippen molar-refractivity contribution in [3.05, 3.63) is 9.52 Å². The van der Waals surface area contributed by atoms with Crippen LogP contribution in [0.3, 0.4) is 0 Å². The molecule has 0 bridgehead atoms. The minimum Gasteiger partial charge on any atom is -0.444 e. The summed E-state index contributed by atoms with van der Waals surface area (Å²) in [5.74, 6) is -0.288. The number of alkyl carbamates (subject to hydrolysis) is 1. The van der Waals surface area contributed by atoms with Gasteiger partial charge in [-0.25, -0.2) is 4.79 Å². The maximum atomic E-state index is 11.4. The van der Waals surface area contributed by atoms with Crippen molar-refractivity contribution in [2.75, 3.05) is 13.1 Å². The van der Waals surface area contributed by atoms with Crippen molar-refractivity contribution in [3.8, 4) is 0 Å². The SMILES string of the molecule is CC(C)(C)OC(=O)NCCC(=O)NCC(Cl)=C(Cl)Cl. The number of amides is 2. The van der Waals surface area contributed by atoms with E-state index in [1.807, 2.05) is 0 Å². The first-order valence-electron chi connectivity index (χ1n) is 5.55. The van der Waals surface area contributed by atoms with Crippen molar-refractivity contribution in [1.29, 1.82) is 0 Å². The van der Waals surface area contributed by atoms with E-state index in [4.69, 9.17) is 39.5 Å². The Morgan fingerprint density at radius 3 is 2.16 bits per heavy atom. The zero-order chi connectivity index (χ0) is 15.1. The number of carbonyl (C=O) groups is 2. The number of nitrogens with one attached hydrogen (secondary N) is 2. The number of hydrogen-bond donors (Lipinski definition) is 2. The molecule has 0 aromatic carbocycles. The number of halogens is 3. The summed E-state index contributed by atoms with van der Waals surface area (Å²) in [4.78, 5) is 22.6. The average Bonchev–Trinajstić information content (AvgIpc) is 2.23. The molecular formula is C11H17Cl3N2O3. The van der Waals surface area contributed by atoms with Crippen LogP contribution in [0.15, 0.2) is 9.52 Å². The van der Waals surface area contributed by atoms with Crippen molar-refractivity contribution in [3.63, 3.8) is 0 Å². The van der Waals surface area contributed by atoms with Crippen LogP contribution in [0.5, 0.6) is 0 Å². The molecule has 0 unspecified atom stereocenters. The van der Waals surface area contributed by atoms with Crippen LogP contribution in [0.4, 0.5) is 4.79 Å². The summed E-state index contributed by atoms with van der Waals surface area (Å²) in [5, 5.41) is 5.11. The molecule has 0 saturated carbocycles. The van der Waals surface area contributed by atoms with Crippen LogP contribution in [0.25, 0.3) is 0 Å². The van der Waals surface area contributed by atoms with Gasteiger partial charge in [0, 0.05) is 13.0 Å². The van der Waals surface area contributed by atoms with Gasteiger partial charge in [0.25, 0.3) is 0 Å². The summed E-state index contributed by atoms with van der Waals surface area (Å²) in [7, 11) is 0. The summed E-state index contributed by atoms with van der Waals surface area (Å²) in [6.07, 6.45) is -0.467. The van der Waals surface area contributed by atoms with Crippen LogP contribution < -0.4 is 10.6 Å². The minimum atomic E-state index is -0.568. The zero-order valence-electron chi connectivity index (χ0n) is 11.0. The molecule has 0 aliphatic rings. The number of hydrogen-bond acceptors (Lipinski definition) is 3. The Kier molecular flexibility index (Phi) is 8.22. The lowest BCUT2D eigenvalue weighted by molar-refractivity contribution is -0.120. The van der Waals surface area contributed by atoms with E-state index in [0.717, 1.165) is 0 Å². The quantitative estimate of drug-likeness (QED) is 0.814. The minimum absolute atomic E-state index is 0.0508. The molecule has 0 heterocycles. The monoisotopic (exact) mass is 330 g/mol. The van der Waals surface area contributed by atoms with Crippen molar-refractivity contribution >= 4 is 46.8 Å². The summed E-state index contributed by atoms with van der Waals surface area (Å²) >= 11 is 16.4. The van der Waals surface area contributed by atoms with Crippen molar-refractivity contribution < 1.29 is 14.3 Å². The fourth-order valence-corrected chi connectivity index (χ4v) is 1.12. The van der Waals surface area contributed by atoms with Crippen molar-refractivity contribution in [2.24, 2.45) is 0 Å². The molecule has 0 aromatic rings. The zero-order valence-corrected chi connectivity index (χ0v) is 13.2. The predicted molar refractivity (Wildman–Crippen MR) is 76.4 cm³/mol. The molecular weight excluding hydrogens is 314 g/mol. The van der Waals surface area contributed by atoms with Gasteiger partial charge in [-0.1, -0.05) is 34.8 Å². The highest BCUT2D eigenvalue weighted by molar-refractivity contribution is 6.59. The first-order valence-corrected chi connectivity index (χ1v) is 6.68. The van der Waals surface area contributed by atoms with E-state index >= 15 is 0 Å². The van der Waals surface area contributed by atoms with Crippen molar-refractivity contribution in [2.45, 2.75) is 32.8 Å². The van der Waals surface area contributed by atoms with Gasteiger partial charge in [0.05, 0.1) is 11.6 Å². The summed E-state index contributed by atoms with van der Waals surface area (Å²) in [6.45, 7) is 5.47. The lowest BCUT2D eigenvalue weighted by Crippen LogP contribution is -2.35. The Labute approximate surface area is 127 Å². The number of rotatable bonds is 5. The summed E-state index contributed by atoms with van der Waals surface area (Å²) < 4.78 is 4.91. The van der Waals surface area contributed by atoms with E-state index in [1.54, 1.807) is 20.8 Å². The molecule has 0 atom stereocenters. The number of ether oxygens (including phenoxy) is 1. The molecule has 8 heteroatoms. The summed E-state index contributed by atoms with van der Waals surface area (Å²) in [6, 6.07) is 0. The molecule has 19 heavy (non-hydrogen) atoms. The van der Waals surface area contributed by atoms with Crippen LogP contribution in [0.1, 0.15) is 27.2 Å². The first kappa shape index (κ1) is 18.4. The molecule has 0 aromatic heterocycles. The predicted octanol–water partition coefficient (Wildman–Crippen LogP) is 2.90. The molecule has 2 amide bonds. The molecule has 0 saturated heterocycles. The maximum absolute atomic E-state index is 11.4. The van der Waals surface area contributed by atoms with Crippen LogP contribution in [-0.2, 0) is 9.53 Å². The third-order valence-electron chi connectivity index (χ3n) is 1.67. The largest absolute Gasteiger partial charge is 0.444 e. The van der Waals surface area contributed by atoms with E-state index in [1.165, 1.54) is 0 Å². The standard InChI is InChI=1S/C11H17Cl3N2O3/c1-11(2,3)19-10(18)15-5-4-8(17)16-6-7(12)9(13)14/h4-6H2,1-3H3,(H,15,18)(H,16,17). The van der Waals surface area contributed by atoms with Gasteiger partial charge in [-0.05, 0) is 20.8 Å². The fraction of sp³-hybridized carbons (Fsp3) is 0.636. The van der Waals surface area contributed by atoms with Gasteiger partial charge in [-0.3, -0.25) is 4.79 Å². The third kappa shape index (κ3) is 10.9. The van der Waals surface area contributed by atoms with E-state index in [0.29, 0.717) is 0 Å². The van der Waals surface area contributed by atoms with Gasteiger partial charge < -0.3 is 15.4 Å². The van der Waals surface area contributed by atoms with Gasteiger partial charge >= 0.3 is 6.09 Å². The highest BCUT2D eigenvalue weighted by Gasteiger charge is 2.15. The topological polar surface area (TPSA) is 67.4 Å². The Hall–Kier alpha value is -0.650. The molecule has 0 aliphatic carbocycles. The molecule has 5 nitrogen and oxygen atoms in total. The average molecular weight is 332 g/mol. The highest BCUT2D eigenvalue weighted by Crippen LogP contribution is 2.16. The van der Waals surface area contributed by atoms with Crippen LogP contribution >= 0.6 is 34.8 Å². The van der Waals surface area contributed by atoms with Gasteiger partial charge in [-0.2, -0.15) is 0 Å². The van der Waals surface area contributed by atoms with Crippen LogP contribution in [-0.4, -0.2) is 30.7 Å². The maximum Gasteiger partial charge on any atom is 0.407 e. The van der Waals surface area contributed by atoms with Gasteiger partial charge in [0.1, 0.15) is 10.1 Å². The van der Waals surface area contributed by atoms with Crippen LogP contribution in [0, 0.1) is 0 Å². The normalized spacial score (nSPS) is 10.6. The molecule has 0 rings (SSSR count). The highest BCUT2D eigenvalue weighted by atomic mass is 35.5. The molecule has 0 aliphatic heterocycles. The van der Waals surface area contributed by atoms with Gasteiger partial charge in [0.15, 0.2) is 0 Å². The lowest BCUT2D eigenvalue weighted by Gasteiger charge is -2.19. The second kappa shape index (κ2) is 8.51. The van der Waals surface area contributed by atoms with E-state index in [9.17, 15) is 9.59 Å². The Morgan fingerprint density at radius 1 is 1.11 bits per heavy atom. The van der Waals surface area contributed by atoms with E-state index in [-0.39, 0.29) is 34.9 Å². The summed E-state index contributed by atoms with van der Waals surface area (Å²) in [5.41, 5.74) is -0.568. The smallest absolute Gasteiger partial charge is 0.407 e. The van der Waals surface area contributed by atoms with Gasteiger partial charge in [0.2, 0.25) is 5.91 Å². The van der Waals surface area contributed by atoms with E-state index < -0.39 is 11.7 Å². The van der Waals surface area contributed by atoms with E-state index in [2.05, 4.69) is 10.6 Å². The fourth-order valence-electron chi connectivity index (χ4n) is 0.924. The molecule has 2 N–H and O–H groups in total. The van der Waals surface area contributed by atoms with Crippen LogP contribution in [0.2, 0.25) is 0 Å². The number of carbonyl (C=O) groups excluding carboxylic acids is 2. The Bertz CT molecular complexity index is 361. The molecule has 0 radical (unpaired) electrons. The Balaban J connectivity index is 3.82. The lowest BCUT2D eigenvalue weighted by atomic mass is 10.2. The second-order valence-electron chi connectivity index (χ2n) is 4.62. The molecule has 0 spiro atoms. The first-order chi connectivity index (χ1) is 8.61.